The van der Waals surface area contributed by atoms with E-state index < -0.39 is 0 Å². The van der Waals surface area contributed by atoms with Crippen LogP contribution in [0.25, 0.3) is 0 Å². The molecule has 2 aliphatic rings. The summed E-state index contributed by atoms with van der Waals surface area (Å²) >= 11 is 0. The fourth-order valence-corrected chi connectivity index (χ4v) is 1.95. The van der Waals surface area contributed by atoms with E-state index in [0.717, 1.165) is 25.7 Å². The lowest BCUT2D eigenvalue weighted by Crippen LogP contribution is -2.21. The van der Waals surface area contributed by atoms with Crippen molar-refractivity contribution in [3.8, 4) is 0 Å². The summed E-state index contributed by atoms with van der Waals surface area (Å²) in [6, 6.07) is 0. The molecule has 13 heavy (non-hydrogen) atoms. The van der Waals surface area contributed by atoms with Crippen molar-refractivity contribution in [1.29, 1.82) is 0 Å². The number of carbonyl (C=O) groups is 2. The molecule has 0 spiro atoms. The monoisotopic (exact) mass is 182 g/mol. The third-order valence-corrected chi connectivity index (χ3v) is 2.57. The van der Waals surface area contributed by atoms with E-state index in [1.807, 2.05) is 0 Å². The van der Waals surface area contributed by atoms with Crippen LogP contribution >= 0.6 is 0 Å². The molecule has 72 valence electrons. The normalized spacial score (nSPS) is 31.4. The Kier molecular flexibility index (Phi) is 3.23. The van der Waals surface area contributed by atoms with Gasteiger partial charge in [0.05, 0.1) is 11.8 Å². The standard InChI is InChI=1S/C8H10O3.C2H4/c9-7-5-3-1-2-4-6(5)8(10)11-7;1-2/h5-6H,1-4H2;1-2H2. The highest BCUT2D eigenvalue weighted by Gasteiger charge is 2.44. The van der Waals surface area contributed by atoms with E-state index in [2.05, 4.69) is 17.9 Å². The lowest BCUT2D eigenvalue weighted by Gasteiger charge is -2.18. The number of hydrogen-bond donors (Lipinski definition) is 0. The molecule has 1 saturated carbocycles. The first-order chi connectivity index (χ1) is 6.29. The molecule has 1 aliphatic carbocycles. The highest BCUT2D eigenvalue weighted by molar-refractivity contribution is 5.96. The number of cyclic esters (lactones) is 2. The number of esters is 2. The molecule has 2 atom stereocenters. The van der Waals surface area contributed by atoms with Crippen molar-refractivity contribution in [2.24, 2.45) is 11.8 Å². The highest BCUT2D eigenvalue weighted by atomic mass is 16.6. The van der Waals surface area contributed by atoms with Crippen molar-refractivity contribution in [1.82, 2.24) is 0 Å². The maximum atomic E-state index is 11.0. The first-order valence-corrected chi connectivity index (χ1v) is 4.54. The van der Waals surface area contributed by atoms with Gasteiger partial charge in [-0.25, -0.2) is 0 Å². The predicted molar refractivity (Wildman–Crippen MR) is 47.8 cm³/mol. The van der Waals surface area contributed by atoms with Crippen LogP contribution in [-0.4, -0.2) is 11.9 Å². The summed E-state index contributed by atoms with van der Waals surface area (Å²) < 4.78 is 4.53. The topological polar surface area (TPSA) is 43.4 Å². The Morgan fingerprint density at radius 2 is 1.38 bits per heavy atom. The van der Waals surface area contributed by atoms with Gasteiger partial charge in [0, 0.05) is 0 Å². The summed E-state index contributed by atoms with van der Waals surface area (Å²) in [5, 5.41) is 0. The average molecular weight is 182 g/mol. The van der Waals surface area contributed by atoms with Crippen LogP contribution in [0.2, 0.25) is 0 Å². The van der Waals surface area contributed by atoms with Crippen molar-refractivity contribution in [3.05, 3.63) is 13.2 Å². The maximum absolute atomic E-state index is 11.0. The number of carbonyl (C=O) groups excluding carboxylic acids is 2. The molecule has 3 nitrogen and oxygen atoms in total. The van der Waals surface area contributed by atoms with Crippen LogP contribution in [0, 0.1) is 11.8 Å². The average Bonchev–Trinajstić information content (AvgIpc) is 2.47. The molecular weight excluding hydrogens is 168 g/mol. The van der Waals surface area contributed by atoms with Crippen molar-refractivity contribution < 1.29 is 14.3 Å². The molecular formula is C10H14O3. The number of ether oxygens (including phenoxy) is 1. The van der Waals surface area contributed by atoms with Gasteiger partial charge >= 0.3 is 11.9 Å². The molecule has 2 unspecified atom stereocenters. The summed E-state index contributed by atoms with van der Waals surface area (Å²) in [5.41, 5.74) is 0. The number of hydrogen-bond acceptors (Lipinski definition) is 3. The molecule has 0 bridgehead atoms. The molecule has 2 fully saturated rings. The minimum Gasteiger partial charge on any atom is -0.393 e. The second-order valence-corrected chi connectivity index (χ2v) is 3.24. The van der Waals surface area contributed by atoms with Crippen LogP contribution < -0.4 is 0 Å². The van der Waals surface area contributed by atoms with Crippen LogP contribution in [0.1, 0.15) is 25.7 Å². The van der Waals surface area contributed by atoms with Crippen molar-refractivity contribution in [2.45, 2.75) is 25.7 Å². The summed E-state index contributed by atoms with van der Waals surface area (Å²) in [7, 11) is 0. The van der Waals surface area contributed by atoms with Gasteiger partial charge < -0.3 is 4.74 Å². The molecule has 0 amide bonds. The second-order valence-electron chi connectivity index (χ2n) is 3.24. The maximum Gasteiger partial charge on any atom is 0.317 e. The zero-order chi connectivity index (χ0) is 9.84. The highest BCUT2D eigenvalue weighted by Crippen LogP contribution is 2.36. The lowest BCUT2D eigenvalue weighted by atomic mass is 9.81. The minimum atomic E-state index is -0.292. The third-order valence-electron chi connectivity index (χ3n) is 2.57. The van der Waals surface area contributed by atoms with Gasteiger partial charge in [0.2, 0.25) is 0 Å². The van der Waals surface area contributed by atoms with E-state index in [9.17, 15) is 9.59 Å². The van der Waals surface area contributed by atoms with Gasteiger partial charge in [0.25, 0.3) is 0 Å². The first-order valence-electron chi connectivity index (χ1n) is 4.54. The quantitative estimate of drug-likeness (QED) is 0.325. The first kappa shape index (κ1) is 9.96. The Bertz CT molecular complexity index is 200. The number of rotatable bonds is 0. The predicted octanol–water partition coefficient (Wildman–Crippen LogP) is 1.68. The SMILES string of the molecule is C=C.O=C1OC(=O)C2CCCCC12. The van der Waals surface area contributed by atoms with Crippen LogP contribution in [-0.2, 0) is 14.3 Å². The zero-order valence-electron chi connectivity index (χ0n) is 7.62. The molecule has 1 heterocycles. The fraction of sp³-hybridized carbons (Fsp3) is 0.600. The van der Waals surface area contributed by atoms with E-state index in [0.29, 0.717) is 0 Å². The summed E-state index contributed by atoms with van der Waals surface area (Å²) in [6.07, 6.45) is 3.80. The second kappa shape index (κ2) is 4.21. The van der Waals surface area contributed by atoms with Crippen LogP contribution in [0.3, 0.4) is 0 Å². The van der Waals surface area contributed by atoms with Gasteiger partial charge in [-0.15, -0.1) is 13.2 Å². The van der Waals surface area contributed by atoms with Gasteiger partial charge in [-0.05, 0) is 12.8 Å². The molecule has 1 saturated heterocycles. The van der Waals surface area contributed by atoms with Gasteiger partial charge in [-0.2, -0.15) is 0 Å². The van der Waals surface area contributed by atoms with E-state index >= 15 is 0 Å². The molecule has 0 radical (unpaired) electrons. The Morgan fingerprint density at radius 1 is 1.00 bits per heavy atom. The molecule has 1 aliphatic heterocycles. The van der Waals surface area contributed by atoms with Gasteiger partial charge in [-0.1, -0.05) is 12.8 Å². The largest absolute Gasteiger partial charge is 0.393 e. The van der Waals surface area contributed by atoms with Crippen LogP contribution in [0.4, 0.5) is 0 Å². The van der Waals surface area contributed by atoms with Gasteiger partial charge in [0.1, 0.15) is 0 Å². The Labute approximate surface area is 77.8 Å². The smallest absolute Gasteiger partial charge is 0.317 e. The lowest BCUT2D eigenvalue weighted by molar-refractivity contribution is -0.153. The van der Waals surface area contributed by atoms with E-state index in [1.165, 1.54) is 0 Å². The van der Waals surface area contributed by atoms with Gasteiger partial charge in [0.15, 0.2) is 0 Å². The van der Waals surface area contributed by atoms with Crippen LogP contribution in [0.15, 0.2) is 13.2 Å². The van der Waals surface area contributed by atoms with E-state index in [4.69, 9.17) is 0 Å². The van der Waals surface area contributed by atoms with Gasteiger partial charge in [-0.3, -0.25) is 9.59 Å². The molecule has 0 N–H and O–H groups in total. The Balaban J connectivity index is 0.000000396. The summed E-state index contributed by atoms with van der Waals surface area (Å²) in [6.45, 7) is 6.00. The minimum absolute atomic E-state index is 0.101. The van der Waals surface area contributed by atoms with E-state index in [-0.39, 0.29) is 23.8 Å². The van der Waals surface area contributed by atoms with E-state index in [1.54, 1.807) is 0 Å². The van der Waals surface area contributed by atoms with Crippen molar-refractivity contribution in [3.63, 3.8) is 0 Å². The third kappa shape index (κ3) is 1.79. The zero-order valence-corrected chi connectivity index (χ0v) is 7.62. The summed E-state index contributed by atoms with van der Waals surface area (Å²) in [4.78, 5) is 22.0. The fourth-order valence-electron chi connectivity index (χ4n) is 1.95. The van der Waals surface area contributed by atoms with Crippen LogP contribution in [0.5, 0.6) is 0 Å². The Morgan fingerprint density at radius 3 is 1.77 bits per heavy atom. The molecule has 0 aromatic rings. The molecule has 0 aromatic carbocycles. The summed E-state index contributed by atoms with van der Waals surface area (Å²) in [5.74, 6) is -0.785. The molecule has 2 rings (SSSR count). The van der Waals surface area contributed by atoms with Crippen molar-refractivity contribution in [2.75, 3.05) is 0 Å². The Hall–Kier alpha value is -1.12. The number of fused-ring (bicyclic) bond motifs is 1. The van der Waals surface area contributed by atoms with Crippen molar-refractivity contribution >= 4 is 11.9 Å². The molecule has 0 aromatic heterocycles. The molecule has 3 heteroatoms.